The van der Waals surface area contributed by atoms with E-state index in [0.29, 0.717) is 0 Å². The first-order valence-electron chi connectivity index (χ1n) is 3.92. The summed E-state index contributed by atoms with van der Waals surface area (Å²) in [5, 5.41) is 10.0. The minimum atomic E-state index is -4.34. The fraction of sp³-hybridized carbons (Fsp3) is 0.333. The van der Waals surface area contributed by atoms with Crippen molar-refractivity contribution < 1.29 is 23.0 Å². The third-order valence-corrected chi connectivity index (χ3v) is 1.53. The first-order chi connectivity index (χ1) is 6.54. The van der Waals surface area contributed by atoms with Crippen molar-refractivity contribution in [2.24, 2.45) is 0 Å². The first-order valence-corrected chi connectivity index (χ1v) is 3.92. The van der Waals surface area contributed by atoms with Gasteiger partial charge >= 0.3 is 6.18 Å². The number of rotatable bonds is 3. The van der Waals surface area contributed by atoms with E-state index in [1.165, 1.54) is 12.1 Å². The molecule has 0 saturated heterocycles. The molecule has 0 fully saturated rings. The average Bonchev–Trinajstić information content (AvgIpc) is 2.14. The van der Waals surface area contributed by atoms with Crippen LogP contribution < -0.4 is 4.74 Å². The third-order valence-electron chi connectivity index (χ3n) is 1.53. The van der Waals surface area contributed by atoms with Crippen LogP contribution in [0.5, 0.6) is 5.75 Å². The number of ether oxygens (including phenoxy) is 1. The van der Waals surface area contributed by atoms with Crippen LogP contribution in [-0.2, 0) is 11.3 Å². The Morgan fingerprint density at radius 2 is 1.71 bits per heavy atom. The summed E-state index contributed by atoms with van der Waals surface area (Å²) in [5.74, 6) is 0.272. The van der Waals surface area contributed by atoms with Crippen molar-refractivity contribution in [2.45, 2.75) is 6.18 Å². The molecule has 0 aliphatic heterocycles. The van der Waals surface area contributed by atoms with Crippen molar-refractivity contribution >= 4 is 0 Å². The van der Waals surface area contributed by atoms with Crippen LogP contribution in [0.15, 0.2) is 24.3 Å². The zero-order valence-corrected chi connectivity index (χ0v) is 7.17. The summed E-state index contributed by atoms with van der Waals surface area (Å²) in [6.07, 6.45) is -4.34. The van der Waals surface area contributed by atoms with Crippen LogP contribution >= 0.6 is 0 Å². The number of hydrogen-bond acceptors (Lipinski definition) is 1. The van der Waals surface area contributed by atoms with Gasteiger partial charge in [-0.15, -0.1) is 0 Å². The highest BCUT2D eigenvalue weighted by Gasteiger charge is 2.29. The Kier molecular flexibility index (Phi) is 3.35. The van der Waals surface area contributed by atoms with Gasteiger partial charge in [-0.05, 0) is 24.3 Å². The zero-order valence-electron chi connectivity index (χ0n) is 7.17. The minimum Gasteiger partial charge on any atom is -0.491 e. The lowest BCUT2D eigenvalue weighted by atomic mass is 10.2. The molecule has 5 heteroatoms. The van der Waals surface area contributed by atoms with E-state index in [0.717, 1.165) is 12.1 Å². The molecule has 0 saturated carbocycles. The molecule has 14 heavy (non-hydrogen) atoms. The SMILES string of the molecule is [O]CCOc1ccc(C(F)(F)F)cc1. The molecular formula is C9H8F3O2. The minimum absolute atomic E-state index is 0.0363. The maximum absolute atomic E-state index is 12.1. The molecule has 0 unspecified atom stereocenters. The molecule has 0 atom stereocenters. The molecule has 0 aliphatic carbocycles. The standard InChI is InChI=1S/C9H8F3O2/c10-9(11,12)7-1-3-8(4-2-7)14-6-5-13/h1-4H,5-6H2. The quantitative estimate of drug-likeness (QED) is 0.745. The molecule has 0 amide bonds. The highest BCUT2D eigenvalue weighted by molar-refractivity contribution is 5.28. The van der Waals surface area contributed by atoms with Gasteiger partial charge in [-0.3, -0.25) is 0 Å². The molecule has 77 valence electrons. The Bertz CT molecular complexity index is 279. The number of hydrogen-bond donors (Lipinski definition) is 0. The highest BCUT2D eigenvalue weighted by atomic mass is 19.4. The summed E-state index contributed by atoms with van der Waals surface area (Å²) >= 11 is 0. The molecule has 0 N–H and O–H groups in total. The Hall–Kier alpha value is -1.23. The molecule has 1 radical (unpaired) electrons. The second kappa shape index (κ2) is 4.32. The summed E-state index contributed by atoms with van der Waals surface area (Å²) in [4.78, 5) is 0. The Balaban J connectivity index is 2.69. The van der Waals surface area contributed by atoms with E-state index in [4.69, 9.17) is 4.74 Å². The molecule has 0 spiro atoms. The van der Waals surface area contributed by atoms with Gasteiger partial charge in [0.05, 0.1) is 5.56 Å². The van der Waals surface area contributed by atoms with Gasteiger partial charge < -0.3 is 4.74 Å². The van der Waals surface area contributed by atoms with E-state index in [9.17, 15) is 18.3 Å². The predicted molar refractivity (Wildman–Crippen MR) is 42.5 cm³/mol. The average molecular weight is 205 g/mol. The van der Waals surface area contributed by atoms with E-state index in [1.807, 2.05) is 0 Å². The van der Waals surface area contributed by atoms with E-state index in [-0.39, 0.29) is 12.4 Å². The van der Waals surface area contributed by atoms with Crippen molar-refractivity contribution in [1.82, 2.24) is 0 Å². The van der Waals surface area contributed by atoms with E-state index >= 15 is 0 Å². The third kappa shape index (κ3) is 2.92. The number of benzene rings is 1. The van der Waals surface area contributed by atoms with Crippen LogP contribution in [0.25, 0.3) is 0 Å². The van der Waals surface area contributed by atoms with Crippen LogP contribution in [0.4, 0.5) is 13.2 Å². The number of alkyl halides is 3. The summed E-state index contributed by atoms with van der Waals surface area (Å²) in [5.41, 5.74) is -0.730. The normalized spacial score (nSPS) is 11.4. The Morgan fingerprint density at radius 3 is 2.14 bits per heavy atom. The molecule has 1 aromatic carbocycles. The van der Waals surface area contributed by atoms with Crippen molar-refractivity contribution in [3.63, 3.8) is 0 Å². The van der Waals surface area contributed by atoms with Gasteiger partial charge in [0.1, 0.15) is 19.0 Å². The van der Waals surface area contributed by atoms with Crippen molar-refractivity contribution in [3.8, 4) is 5.75 Å². The predicted octanol–water partition coefficient (Wildman–Crippen LogP) is 2.51. The smallest absolute Gasteiger partial charge is 0.416 e. The van der Waals surface area contributed by atoms with Gasteiger partial charge in [0.25, 0.3) is 0 Å². The van der Waals surface area contributed by atoms with Gasteiger partial charge in [-0.25, -0.2) is 5.11 Å². The summed E-state index contributed by atoms with van der Waals surface area (Å²) in [6.45, 7) is -0.452. The van der Waals surface area contributed by atoms with Gasteiger partial charge in [0.2, 0.25) is 0 Å². The highest BCUT2D eigenvalue weighted by Crippen LogP contribution is 2.30. The lowest BCUT2D eigenvalue weighted by Crippen LogP contribution is -2.05. The molecule has 1 rings (SSSR count). The Morgan fingerprint density at radius 1 is 1.14 bits per heavy atom. The maximum atomic E-state index is 12.1. The topological polar surface area (TPSA) is 29.1 Å². The van der Waals surface area contributed by atoms with Crippen LogP contribution in [0.1, 0.15) is 5.56 Å². The molecule has 2 nitrogen and oxygen atoms in total. The zero-order chi connectivity index (χ0) is 10.6. The van der Waals surface area contributed by atoms with Crippen LogP contribution in [0, 0.1) is 0 Å². The van der Waals surface area contributed by atoms with Crippen molar-refractivity contribution in [3.05, 3.63) is 29.8 Å². The van der Waals surface area contributed by atoms with E-state index < -0.39 is 18.3 Å². The Labute approximate surface area is 78.9 Å². The van der Waals surface area contributed by atoms with E-state index in [2.05, 4.69) is 0 Å². The van der Waals surface area contributed by atoms with Crippen LogP contribution in [0.3, 0.4) is 0 Å². The first kappa shape index (κ1) is 10.8. The molecular weight excluding hydrogens is 197 g/mol. The molecule has 0 aliphatic rings. The summed E-state index contributed by atoms with van der Waals surface area (Å²) in [7, 11) is 0. The van der Waals surface area contributed by atoms with Gasteiger partial charge in [-0.2, -0.15) is 13.2 Å². The van der Waals surface area contributed by atoms with Crippen LogP contribution in [0.2, 0.25) is 0 Å². The largest absolute Gasteiger partial charge is 0.491 e. The molecule has 0 heterocycles. The van der Waals surface area contributed by atoms with Gasteiger partial charge in [0.15, 0.2) is 0 Å². The summed E-state index contributed by atoms with van der Waals surface area (Å²) < 4.78 is 41.1. The second-order valence-corrected chi connectivity index (χ2v) is 2.57. The second-order valence-electron chi connectivity index (χ2n) is 2.57. The molecule has 0 bridgehead atoms. The van der Waals surface area contributed by atoms with Gasteiger partial charge in [-0.1, -0.05) is 0 Å². The summed E-state index contributed by atoms with van der Waals surface area (Å²) in [6, 6.07) is 4.22. The number of halogens is 3. The fourth-order valence-electron chi connectivity index (χ4n) is 0.900. The molecule has 1 aromatic rings. The van der Waals surface area contributed by atoms with E-state index in [1.54, 1.807) is 0 Å². The molecule has 0 aromatic heterocycles. The van der Waals surface area contributed by atoms with Crippen molar-refractivity contribution in [2.75, 3.05) is 13.2 Å². The lowest BCUT2D eigenvalue weighted by Gasteiger charge is -2.07. The fourth-order valence-corrected chi connectivity index (χ4v) is 0.900. The lowest BCUT2D eigenvalue weighted by molar-refractivity contribution is -0.137. The van der Waals surface area contributed by atoms with Crippen molar-refractivity contribution in [1.29, 1.82) is 0 Å². The van der Waals surface area contributed by atoms with Crippen LogP contribution in [-0.4, -0.2) is 13.2 Å². The maximum Gasteiger partial charge on any atom is 0.416 e. The van der Waals surface area contributed by atoms with Gasteiger partial charge in [0, 0.05) is 0 Å². The monoisotopic (exact) mass is 205 g/mol.